The number of benzene rings is 1. The number of hydrogen-bond acceptors (Lipinski definition) is 3. The molecule has 0 aliphatic rings. The molecular formula is C10H12N2O3. The van der Waals surface area contributed by atoms with Crippen molar-refractivity contribution in [2.45, 2.75) is 13.3 Å². The lowest BCUT2D eigenvalue weighted by Gasteiger charge is -2.04. The molecule has 0 saturated carbocycles. The van der Waals surface area contributed by atoms with E-state index in [4.69, 9.17) is 5.21 Å². The van der Waals surface area contributed by atoms with Crippen molar-refractivity contribution in [3.8, 4) is 0 Å². The van der Waals surface area contributed by atoms with Gasteiger partial charge in [0.15, 0.2) is 0 Å². The third-order valence-electron chi connectivity index (χ3n) is 1.85. The summed E-state index contributed by atoms with van der Waals surface area (Å²) in [6.07, 6.45) is 0.402. The van der Waals surface area contributed by atoms with E-state index in [1.54, 1.807) is 19.1 Å². The fraction of sp³-hybridized carbons (Fsp3) is 0.200. The van der Waals surface area contributed by atoms with Crippen LogP contribution in [-0.2, 0) is 4.79 Å². The Bertz CT molecular complexity index is 359. The molecule has 0 aromatic heterocycles. The van der Waals surface area contributed by atoms with Gasteiger partial charge in [-0.15, -0.1) is 0 Å². The number of anilines is 1. The van der Waals surface area contributed by atoms with E-state index in [-0.39, 0.29) is 5.91 Å². The molecule has 1 aromatic rings. The second-order valence-electron chi connectivity index (χ2n) is 2.92. The van der Waals surface area contributed by atoms with E-state index >= 15 is 0 Å². The summed E-state index contributed by atoms with van der Waals surface area (Å²) in [6, 6.07) is 6.21. The molecule has 0 bridgehead atoms. The average Bonchev–Trinajstić information content (AvgIpc) is 2.29. The number of hydroxylamine groups is 1. The van der Waals surface area contributed by atoms with Gasteiger partial charge in [0.05, 0.1) is 0 Å². The third kappa shape index (κ3) is 3.07. The van der Waals surface area contributed by atoms with Gasteiger partial charge < -0.3 is 5.32 Å². The monoisotopic (exact) mass is 208 g/mol. The van der Waals surface area contributed by atoms with Gasteiger partial charge in [-0.3, -0.25) is 14.8 Å². The molecule has 3 N–H and O–H groups in total. The summed E-state index contributed by atoms with van der Waals surface area (Å²) < 4.78 is 0. The molecule has 5 nitrogen and oxygen atoms in total. The smallest absolute Gasteiger partial charge is 0.274 e. The molecule has 15 heavy (non-hydrogen) atoms. The molecule has 0 saturated heterocycles. The van der Waals surface area contributed by atoms with Gasteiger partial charge in [-0.1, -0.05) is 6.92 Å². The maximum Gasteiger partial charge on any atom is 0.274 e. The second kappa shape index (κ2) is 5.11. The Labute approximate surface area is 87.1 Å². The quantitative estimate of drug-likeness (QED) is 0.515. The number of carbonyl (C=O) groups is 2. The third-order valence-corrected chi connectivity index (χ3v) is 1.85. The van der Waals surface area contributed by atoms with Gasteiger partial charge in [-0.25, -0.2) is 5.48 Å². The Balaban J connectivity index is 2.72. The lowest BCUT2D eigenvalue weighted by Crippen LogP contribution is -2.18. The fourth-order valence-corrected chi connectivity index (χ4v) is 1.02. The van der Waals surface area contributed by atoms with Gasteiger partial charge in [0, 0.05) is 17.7 Å². The first kappa shape index (κ1) is 11.2. The van der Waals surface area contributed by atoms with Crippen LogP contribution in [0, 0.1) is 0 Å². The first-order valence-corrected chi connectivity index (χ1v) is 4.51. The van der Waals surface area contributed by atoms with Gasteiger partial charge in [-0.2, -0.15) is 0 Å². The lowest BCUT2D eigenvalue weighted by atomic mass is 10.2. The summed E-state index contributed by atoms with van der Waals surface area (Å²) in [4.78, 5) is 22.0. The summed E-state index contributed by atoms with van der Waals surface area (Å²) in [5.41, 5.74) is 2.47. The zero-order valence-corrected chi connectivity index (χ0v) is 8.28. The minimum atomic E-state index is -0.580. The van der Waals surface area contributed by atoms with Crippen LogP contribution in [0.1, 0.15) is 23.7 Å². The summed E-state index contributed by atoms with van der Waals surface area (Å²) >= 11 is 0. The van der Waals surface area contributed by atoms with Gasteiger partial charge in [0.25, 0.3) is 5.91 Å². The maximum absolute atomic E-state index is 11.0. The number of carbonyl (C=O) groups excluding carboxylic acids is 2. The maximum atomic E-state index is 11.0. The molecule has 1 rings (SSSR count). The van der Waals surface area contributed by atoms with Crippen molar-refractivity contribution in [1.29, 1.82) is 0 Å². The Morgan fingerprint density at radius 3 is 2.33 bits per heavy atom. The summed E-state index contributed by atoms with van der Waals surface area (Å²) in [5, 5.41) is 11.0. The van der Waals surface area contributed by atoms with Gasteiger partial charge in [0.2, 0.25) is 5.91 Å². The first-order valence-electron chi connectivity index (χ1n) is 4.51. The molecule has 80 valence electrons. The summed E-state index contributed by atoms with van der Waals surface area (Å²) in [7, 11) is 0. The van der Waals surface area contributed by atoms with Crippen molar-refractivity contribution < 1.29 is 14.8 Å². The van der Waals surface area contributed by atoms with Crippen molar-refractivity contribution in [3.63, 3.8) is 0 Å². The van der Waals surface area contributed by atoms with Crippen molar-refractivity contribution in [2.24, 2.45) is 0 Å². The predicted molar refractivity (Wildman–Crippen MR) is 54.6 cm³/mol. The molecule has 0 heterocycles. The van der Waals surface area contributed by atoms with Crippen LogP contribution in [0.25, 0.3) is 0 Å². The fourth-order valence-electron chi connectivity index (χ4n) is 1.02. The summed E-state index contributed by atoms with van der Waals surface area (Å²) in [5.74, 6) is -0.669. The SMILES string of the molecule is CCC(=O)Nc1ccc(C(=O)NO)cc1. The number of nitrogens with one attached hydrogen (secondary N) is 2. The van der Waals surface area contributed by atoms with Crippen LogP contribution in [0.15, 0.2) is 24.3 Å². The zero-order valence-electron chi connectivity index (χ0n) is 8.28. The highest BCUT2D eigenvalue weighted by Crippen LogP contribution is 2.09. The minimum Gasteiger partial charge on any atom is -0.326 e. The van der Waals surface area contributed by atoms with E-state index in [0.29, 0.717) is 17.7 Å². The number of amides is 2. The Kier molecular flexibility index (Phi) is 3.82. The molecule has 0 radical (unpaired) electrons. The standard InChI is InChI=1S/C10H12N2O3/c1-2-9(13)11-8-5-3-7(4-6-8)10(14)12-15/h3-6,15H,2H2,1H3,(H,11,13)(H,12,14). The molecule has 0 fully saturated rings. The Morgan fingerprint density at radius 1 is 1.27 bits per heavy atom. The van der Waals surface area contributed by atoms with Crippen LogP contribution in [0.5, 0.6) is 0 Å². The lowest BCUT2D eigenvalue weighted by molar-refractivity contribution is -0.115. The molecule has 0 spiro atoms. The molecular weight excluding hydrogens is 196 g/mol. The Hall–Kier alpha value is -1.88. The van der Waals surface area contributed by atoms with Crippen LogP contribution < -0.4 is 10.8 Å². The van der Waals surface area contributed by atoms with Crippen LogP contribution in [0.4, 0.5) is 5.69 Å². The van der Waals surface area contributed by atoms with E-state index in [1.807, 2.05) is 0 Å². The van der Waals surface area contributed by atoms with Gasteiger partial charge >= 0.3 is 0 Å². The minimum absolute atomic E-state index is 0.0886. The van der Waals surface area contributed by atoms with Crippen LogP contribution in [-0.4, -0.2) is 17.0 Å². The van der Waals surface area contributed by atoms with Crippen LogP contribution in [0.2, 0.25) is 0 Å². The van der Waals surface area contributed by atoms with E-state index < -0.39 is 5.91 Å². The van der Waals surface area contributed by atoms with Crippen molar-refractivity contribution in [3.05, 3.63) is 29.8 Å². The molecule has 0 aliphatic carbocycles. The van der Waals surface area contributed by atoms with Crippen molar-refractivity contribution >= 4 is 17.5 Å². The normalized spacial score (nSPS) is 9.47. The van der Waals surface area contributed by atoms with Crippen molar-refractivity contribution in [2.75, 3.05) is 5.32 Å². The molecule has 1 aromatic carbocycles. The predicted octanol–water partition coefficient (Wildman–Crippen LogP) is 1.15. The highest BCUT2D eigenvalue weighted by molar-refractivity contribution is 5.95. The molecule has 0 unspecified atom stereocenters. The van der Waals surface area contributed by atoms with Crippen molar-refractivity contribution in [1.82, 2.24) is 5.48 Å². The van der Waals surface area contributed by atoms with E-state index in [1.165, 1.54) is 17.6 Å². The highest BCUT2D eigenvalue weighted by Gasteiger charge is 2.04. The zero-order chi connectivity index (χ0) is 11.3. The topological polar surface area (TPSA) is 78.4 Å². The molecule has 0 atom stereocenters. The van der Waals surface area contributed by atoms with E-state index in [9.17, 15) is 9.59 Å². The highest BCUT2D eigenvalue weighted by atomic mass is 16.5. The second-order valence-corrected chi connectivity index (χ2v) is 2.92. The number of hydrogen-bond donors (Lipinski definition) is 3. The van der Waals surface area contributed by atoms with E-state index in [2.05, 4.69) is 5.32 Å². The largest absolute Gasteiger partial charge is 0.326 e. The number of rotatable bonds is 3. The molecule has 2 amide bonds. The first-order chi connectivity index (χ1) is 7.17. The van der Waals surface area contributed by atoms with Gasteiger partial charge in [0.1, 0.15) is 0 Å². The van der Waals surface area contributed by atoms with E-state index in [0.717, 1.165) is 0 Å². The van der Waals surface area contributed by atoms with Gasteiger partial charge in [-0.05, 0) is 24.3 Å². The van der Waals surface area contributed by atoms with Crippen LogP contribution >= 0.6 is 0 Å². The van der Waals surface area contributed by atoms with Crippen LogP contribution in [0.3, 0.4) is 0 Å². The molecule has 0 aliphatic heterocycles. The Morgan fingerprint density at radius 2 is 1.87 bits per heavy atom. The summed E-state index contributed by atoms with van der Waals surface area (Å²) in [6.45, 7) is 1.75. The molecule has 5 heteroatoms. The average molecular weight is 208 g/mol.